The fraction of sp³-hybridized carbons (Fsp3) is 0.929. The smallest absolute Gasteiger partial charge is 0.223 e. The first-order valence-electron chi connectivity index (χ1n) is 7.17. The lowest BCUT2D eigenvalue weighted by molar-refractivity contribution is -0.125. The molecule has 5 atom stereocenters. The highest BCUT2D eigenvalue weighted by molar-refractivity contribution is 5.79. The Morgan fingerprint density at radius 2 is 2.06 bits per heavy atom. The van der Waals surface area contributed by atoms with Crippen LogP contribution in [0.3, 0.4) is 0 Å². The maximum Gasteiger partial charge on any atom is 0.223 e. The van der Waals surface area contributed by atoms with Crippen molar-refractivity contribution in [1.82, 2.24) is 5.32 Å². The molecular weight excluding hydrogens is 212 g/mol. The van der Waals surface area contributed by atoms with E-state index < -0.39 is 0 Å². The van der Waals surface area contributed by atoms with Crippen LogP contribution in [0, 0.1) is 17.8 Å². The molecule has 0 spiro atoms. The van der Waals surface area contributed by atoms with Gasteiger partial charge in [-0.15, -0.1) is 0 Å². The Bertz CT molecular complexity index is 279. The van der Waals surface area contributed by atoms with Gasteiger partial charge in [-0.1, -0.05) is 20.3 Å². The standard InChI is InChI=1S/C14H26N2O/c1-3-10-5-7-13(9(10)2)16-14(17)11-4-6-12(15)8-11/h9-13H,3-8,15H2,1-2H3,(H,16,17). The second-order valence-corrected chi connectivity index (χ2v) is 5.99. The van der Waals surface area contributed by atoms with Gasteiger partial charge in [-0.05, 0) is 43.9 Å². The van der Waals surface area contributed by atoms with Crippen LogP contribution in [-0.4, -0.2) is 18.0 Å². The summed E-state index contributed by atoms with van der Waals surface area (Å²) in [5.41, 5.74) is 5.86. The van der Waals surface area contributed by atoms with Crippen LogP contribution in [0.4, 0.5) is 0 Å². The fourth-order valence-electron chi connectivity index (χ4n) is 3.58. The van der Waals surface area contributed by atoms with Crippen LogP contribution >= 0.6 is 0 Å². The minimum Gasteiger partial charge on any atom is -0.353 e. The van der Waals surface area contributed by atoms with E-state index in [0.717, 1.165) is 31.6 Å². The van der Waals surface area contributed by atoms with Gasteiger partial charge in [0.25, 0.3) is 0 Å². The van der Waals surface area contributed by atoms with E-state index in [1.54, 1.807) is 0 Å². The number of nitrogens with one attached hydrogen (secondary N) is 1. The minimum atomic E-state index is 0.179. The molecule has 3 heteroatoms. The van der Waals surface area contributed by atoms with Gasteiger partial charge in [0, 0.05) is 18.0 Å². The van der Waals surface area contributed by atoms with Gasteiger partial charge in [0.1, 0.15) is 0 Å². The van der Waals surface area contributed by atoms with Crippen molar-refractivity contribution >= 4 is 5.91 Å². The second kappa shape index (κ2) is 5.38. The first kappa shape index (κ1) is 12.9. The zero-order chi connectivity index (χ0) is 12.4. The molecule has 2 fully saturated rings. The Hall–Kier alpha value is -0.570. The summed E-state index contributed by atoms with van der Waals surface area (Å²) in [6.07, 6.45) is 6.53. The first-order valence-corrected chi connectivity index (χ1v) is 7.17. The summed E-state index contributed by atoms with van der Waals surface area (Å²) in [7, 11) is 0. The Labute approximate surface area is 105 Å². The molecule has 2 rings (SSSR count). The summed E-state index contributed by atoms with van der Waals surface area (Å²) < 4.78 is 0. The Morgan fingerprint density at radius 3 is 2.59 bits per heavy atom. The fourth-order valence-corrected chi connectivity index (χ4v) is 3.58. The number of amides is 1. The van der Waals surface area contributed by atoms with Crippen molar-refractivity contribution in [3.63, 3.8) is 0 Å². The lowest BCUT2D eigenvalue weighted by Crippen LogP contribution is -2.40. The Morgan fingerprint density at radius 1 is 1.29 bits per heavy atom. The van der Waals surface area contributed by atoms with Crippen molar-refractivity contribution in [2.45, 2.75) is 64.5 Å². The maximum absolute atomic E-state index is 12.1. The van der Waals surface area contributed by atoms with E-state index in [1.165, 1.54) is 12.8 Å². The van der Waals surface area contributed by atoms with Gasteiger partial charge in [-0.3, -0.25) is 4.79 Å². The topological polar surface area (TPSA) is 55.1 Å². The summed E-state index contributed by atoms with van der Waals surface area (Å²) in [6, 6.07) is 0.652. The molecule has 0 radical (unpaired) electrons. The molecule has 0 aromatic carbocycles. The Balaban J connectivity index is 1.83. The third-order valence-corrected chi connectivity index (χ3v) is 4.92. The Kier molecular flexibility index (Phi) is 4.08. The number of nitrogens with two attached hydrogens (primary N) is 1. The van der Waals surface area contributed by atoms with Gasteiger partial charge >= 0.3 is 0 Å². The minimum absolute atomic E-state index is 0.179. The molecule has 17 heavy (non-hydrogen) atoms. The third-order valence-electron chi connectivity index (χ3n) is 4.92. The van der Waals surface area contributed by atoms with Crippen LogP contribution in [0.15, 0.2) is 0 Å². The number of carbonyl (C=O) groups excluding carboxylic acids is 1. The largest absolute Gasteiger partial charge is 0.353 e. The van der Waals surface area contributed by atoms with E-state index in [4.69, 9.17) is 5.73 Å². The molecule has 0 aromatic rings. The van der Waals surface area contributed by atoms with Gasteiger partial charge in [0.05, 0.1) is 0 Å². The predicted molar refractivity (Wildman–Crippen MR) is 69.4 cm³/mol. The highest BCUT2D eigenvalue weighted by atomic mass is 16.1. The zero-order valence-electron chi connectivity index (χ0n) is 11.1. The normalized spacial score (nSPS) is 41.7. The van der Waals surface area contributed by atoms with Crippen molar-refractivity contribution in [2.75, 3.05) is 0 Å². The number of hydrogen-bond donors (Lipinski definition) is 2. The summed E-state index contributed by atoms with van der Waals surface area (Å²) in [5.74, 6) is 1.87. The SMILES string of the molecule is CCC1CCC(NC(=O)C2CCC(N)C2)C1C. The lowest BCUT2D eigenvalue weighted by Gasteiger charge is -2.22. The predicted octanol–water partition coefficient (Wildman–Crippen LogP) is 2.05. The summed E-state index contributed by atoms with van der Waals surface area (Å²) >= 11 is 0. The quantitative estimate of drug-likeness (QED) is 0.790. The van der Waals surface area contributed by atoms with Crippen molar-refractivity contribution < 1.29 is 4.79 Å². The first-order chi connectivity index (χ1) is 8.11. The molecule has 0 heterocycles. The maximum atomic E-state index is 12.1. The van der Waals surface area contributed by atoms with Gasteiger partial charge in [0.2, 0.25) is 5.91 Å². The van der Waals surface area contributed by atoms with Crippen molar-refractivity contribution in [3.8, 4) is 0 Å². The van der Waals surface area contributed by atoms with Crippen LogP contribution in [0.1, 0.15) is 52.4 Å². The molecule has 2 saturated carbocycles. The van der Waals surface area contributed by atoms with Crippen LogP contribution in [0.2, 0.25) is 0 Å². The van der Waals surface area contributed by atoms with Gasteiger partial charge in [-0.25, -0.2) is 0 Å². The van der Waals surface area contributed by atoms with E-state index in [1.807, 2.05) is 0 Å². The highest BCUT2D eigenvalue weighted by Crippen LogP contribution is 2.34. The second-order valence-electron chi connectivity index (χ2n) is 5.99. The molecule has 0 aliphatic heterocycles. The average molecular weight is 238 g/mol. The molecule has 2 aliphatic rings. The van der Waals surface area contributed by atoms with Crippen molar-refractivity contribution in [3.05, 3.63) is 0 Å². The number of carbonyl (C=O) groups is 1. The molecule has 0 saturated heterocycles. The van der Waals surface area contributed by atoms with Crippen LogP contribution in [-0.2, 0) is 4.79 Å². The van der Waals surface area contributed by atoms with E-state index in [2.05, 4.69) is 19.2 Å². The summed E-state index contributed by atoms with van der Waals surface area (Å²) in [6.45, 7) is 4.54. The monoisotopic (exact) mass is 238 g/mol. The molecule has 5 unspecified atom stereocenters. The molecule has 3 N–H and O–H groups in total. The van der Waals surface area contributed by atoms with Crippen LogP contribution in [0.25, 0.3) is 0 Å². The van der Waals surface area contributed by atoms with Crippen LogP contribution < -0.4 is 11.1 Å². The van der Waals surface area contributed by atoms with Crippen molar-refractivity contribution in [2.24, 2.45) is 23.5 Å². The molecule has 98 valence electrons. The molecule has 1 amide bonds. The van der Waals surface area contributed by atoms with E-state index >= 15 is 0 Å². The number of rotatable bonds is 3. The van der Waals surface area contributed by atoms with Gasteiger partial charge in [-0.2, -0.15) is 0 Å². The third kappa shape index (κ3) is 2.82. The summed E-state index contributed by atoms with van der Waals surface area (Å²) in [4.78, 5) is 12.1. The highest BCUT2D eigenvalue weighted by Gasteiger charge is 2.35. The van der Waals surface area contributed by atoms with E-state index in [0.29, 0.717) is 12.0 Å². The van der Waals surface area contributed by atoms with Crippen molar-refractivity contribution in [1.29, 1.82) is 0 Å². The molecule has 0 bridgehead atoms. The van der Waals surface area contributed by atoms with E-state index in [-0.39, 0.29) is 17.9 Å². The molecule has 3 nitrogen and oxygen atoms in total. The van der Waals surface area contributed by atoms with Gasteiger partial charge in [0.15, 0.2) is 0 Å². The molecular formula is C14H26N2O. The number of hydrogen-bond acceptors (Lipinski definition) is 2. The van der Waals surface area contributed by atoms with Gasteiger partial charge < -0.3 is 11.1 Å². The molecule has 0 aromatic heterocycles. The average Bonchev–Trinajstić information content (AvgIpc) is 2.87. The summed E-state index contributed by atoms with van der Waals surface area (Å²) in [5, 5.41) is 3.26. The zero-order valence-corrected chi connectivity index (χ0v) is 11.1. The van der Waals surface area contributed by atoms with Crippen LogP contribution in [0.5, 0.6) is 0 Å². The molecule has 2 aliphatic carbocycles. The van der Waals surface area contributed by atoms with E-state index in [9.17, 15) is 4.79 Å². The lowest BCUT2D eigenvalue weighted by atomic mass is 9.93.